The summed E-state index contributed by atoms with van der Waals surface area (Å²) in [6, 6.07) is 5.81. The molecule has 1 aromatic carbocycles. The summed E-state index contributed by atoms with van der Waals surface area (Å²) in [6.45, 7) is 10.5. The number of carbonyl (C=O) groups excluding carboxylic acids is 2. The number of hydrogen-bond acceptors (Lipinski definition) is 4. The smallest absolute Gasteiger partial charge is 0.225 e. The molecule has 1 N–H and O–H groups in total. The van der Waals surface area contributed by atoms with Gasteiger partial charge >= 0.3 is 0 Å². The van der Waals surface area contributed by atoms with Gasteiger partial charge in [-0.1, -0.05) is 33.8 Å². The summed E-state index contributed by atoms with van der Waals surface area (Å²) in [5.41, 5.74) is 1.03. The highest BCUT2D eigenvalue weighted by atomic mass is 16.6. The van der Waals surface area contributed by atoms with Crippen LogP contribution in [0.15, 0.2) is 18.2 Å². The van der Waals surface area contributed by atoms with Crippen LogP contribution in [0, 0.1) is 17.8 Å². The predicted molar refractivity (Wildman–Crippen MR) is 107 cm³/mol. The Morgan fingerprint density at radius 3 is 2.29 bits per heavy atom. The second-order valence-corrected chi connectivity index (χ2v) is 8.39. The number of fused-ring (bicyclic) bond motifs is 1. The Labute approximate surface area is 167 Å². The molecule has 1 fully saturated rings. The maximum atomic E-state index is 12.9. The SMILES string of the molecule is CC(C)C(=O)N1CCC(C(=O)NC(c2ccc3c(c2)OCCO3)C(C)C)CC1. The number of nitrogens with one attached hydrogen (secondary N) is 1. The van der Waals surface area contributed by atoms with Gasteiger partial charge in [0, 0.05) is 24.9 Å². The van der Waals surface area contributed by atoms with Gasteiger partial charge in [-0.15, -0.1) is 0 Å². The lowest BCUT2D eigenvalue weighted by molar-refractivity contribution is -0.138. The van der Waals surface area contributed by atoms with Crippen LogP contribution in [0.1, 0.15) is 52.1 Å². The van der Waals surface area contributed by atoms with Crippen molar-refractivity contribution in [2.45, 2.75) is 46.6 Å². The van der Waals surface area contributed by atoms with Crippen molar-refractivity contribution in [2.75, 3.05) is 26.3 Å². The van der Waals surface area contributed by atoms with Crippen molar-refractivity contribution < 1.29 is 19.1 Å². The lowest BCUT2D eigenvalue weighted by Crippen LogP contribution is -2.45. The molecule has 0 aromatic heterocycles. The molecule has 2 amide bonds. The van der Waals surface area contributed by atoms with E-state index in [0.717, 1.165) is 29.9 Å². The van der Waals surface area contributed by atoms with Crippen molar-refractivity contribution in [1.82, 2.24) is 10.2 Å². The van der Waals surface area contributed by atoms with E-state index in [0.29, 0.717) is 26.3 Å². The number of likely N-dealkylation sites (tertiary alicyclic amines) is 1. The zero-order valence-corrected chi connectivity index (χ0v) is 17.4. The van der Waals surface area contributed by atoms with Crippen LogP contribution in [0.4, 0.5) is 0 Å². The number of rotatable bonds is 5. The van der Waals surface area contributed by atoms with Crippen molar-refractivity contribution in [3.8, 4) is 11.5 Å². The van der Waals surface area contributed by atoms with E-state index < -0.39 is 0 Å². The molecule has 154 valence electrons. The van der Waals surface area contributed by atoms with E-state index in [2.05, 4.69) is 19.2 Å². The maximum absolute atomic E-state index is 12.9. The second kappa shape index (κ2) is 8.84. The predicted octanol–water partition coefficient (Wildman–Crippen LogP) is 3.17. The first-order valence-corrected chi connectivity index (χ1v) is 10.4. The first-order valence-electron chi connectivity index (χ1n) is 10.4. The second-order valence-electron chi connectivity index (χ2n) is 8.39. The molecule has 0 radical (unpaired) electrons. The summed E-state index contributed by atoms with van der Waals surface area (Å²) in [4.78, 5) is 26.9. The van der Waals surface area contributed by atoms with Gasteiger partial charge in [-0.3, -0.25) is 9.59 Å². The zero-order valence-electron chi connectivity index (χ0n) is 17.4. The Morgan fingerprint density at radius 1 is 1.04 bits per heavy atom. The molecule has 2 aliphatic heterocycles. The molecule has 0 aliphatic carbocycles. The maximum Gasteiger partial charge on any atom is 0.225 e. The van der Waals surface area contributed by atoms with Gasteiger partial charge in [0.15, 0.2) is 11.5 Å². The summed E-state index contributed by atoms with van der Waals surface area (Å²) in [7, 11) is 0. The average molecular weight is 389 g/mol. The number of benzene rings is 1. The molecule has 2 heterocycles. The molecule has 6 nitrogen and oxygen atoms in total. The van der Waals surface area contributed by atoms with E-state index in [4.69, 9.17) is 9.47 Å². The summed E-state index contributed by atoms with van der Waals surface area (Å²) >= 11 is 0. The van der Waals surface area contributed by atoms with Gasteiger partial charge in [-0.05, 0) is 36.5 Å². The van der Waals surface area contributed by atoms with E-state index in [1.807, 2.05) is 36.9 Å². The van der Waals surface area contributed by atoms with Gasteiger partial charge in [0.2, 0.25) is 11.8 Å². The fourth-order valence-corrected chi connectivity index (χ4v) is 3.89. The van der Waals surface area contributed by atoms with E-state index in [1.54, 1.807) is 0 Å². The monoisotopic (exact) mass is 388 g/mol. The third-order valence-electron chi connectivity index (χ3n) is 5.56. The number of carbonyl (C=O) groups is 2. The Bertz CT molecular complexity index is 708. The van der Waals surface area contributed by atoms with E-state index in [9.17, 15) is 9.59 Å². The van der Waals surface area contributed by atoms with Crippen LogP contribution in [0.5, 0.6) is 11.5 Å². The molecule has 0 bridgehead atoms. The van der Waals surface area contributed by atoms with Crippen LogP contribution >= 0.6 is 0 Å². The largest absolute Gasteiger partial charge is 0.486 e. The Morgan fingerprint density at radius 2 is 1.68 bits per heavy atom. The van der Waals surface area contributed by atoms with E-state index in [-0.39, 0.29) is 35.6 Å². The highest BCUT2D eigenvalue weighted by Gasteiger charge is 2.30. The zero-order chi connectivity index (χ0) is 20.3. The van der Waals surface area contributed by atoms with Gasteiger partial charge in [0.25, 0.3) is 0 Å². The van der Waals surface area contributed by atoms with Gasteiger partial charge in [-0.2, -0.15) is 0 Å². The minimum atomic E-state index is -0.0846. The third kappa shape index (κ3) is 4.59. The van der Waals surface area contributed by atoms with Crippen LogP contribution in [0.2, 0.25) is 0 Å². The molecule has 1 atom stereocenters. The fraction of sp³-hybridized carbons (Fsp3) is 0.636. The average Bonchev–Trinajstić information content (AvgIpc) is 2.70. The van der Waals surface area contributed by atoms with Crippen LogP contribution < -0.4 is 14.8 Å². The third-order valence-corrected chi connectivity index (χ3v) is 5.56. The summed E-state index contributed by atoms with van der Waals surface area (Å²) in [5, 5.41) is 3.24. The normalized spacial score (nSPS) is 18.3. The van der Waals surface area contributed by atoms with Crippen molar-refractivity contribution in [3.05, 3.63) is 23.8 Å². The minimum absolute atomic E-state index is 0.00547. The highest BCUT2D eigenvalue weighted by molar-refractivity contribution is 5.81. The van der Waals surface area contributed by atoms with Gasteiger partial charge in [-0.25, -0.2) is 0 Å². The molecule has 0 saturated carbocycles. The molecular formula is C22H32N2O4. The molecule has 6 heteroatoms. The first-order chi connectivity index (χ1) is 13.4. The Balaban J connectivity index is 1.63. The number of ether oxygens (including phenoxy) is 2. The summed E-state index contributed by atoms with van der Waals surface area (Å²) in [6.07, 6.45) is 1.44. The molecular weight excluding hydrogens is 356 g/mol. The quantitative estimate of drug-likeness (QED) is 0.841. The molecule has 3 rings (SSSR count). The number of hydrogen-bond donors (Lipinski definition) is 1. The topological polar surface area (TPSA) is 67.9 Å². The van der Waals surface area contributed by atoms with Crippen LogP contribution in [-0.4, -0.2) is 43.0 Å². The van der Waals surface area contributed by atoms with Crippen LogP contribution in [-0.2, 0) is 9.59 Å². The lowest BCUT2D eigenvalue weighted by Gasteiger charge is -2.34. The number of amides is 2. The lowest BCUT2D eigenvalue weighted by atomic mass is 9.91. The van der Waals surface area contributed by atoms with Gasteiger partial charge in [0.1, 0.15) is 13.2 Å². The van der Waals surface area contributed by atoms with Crippen LogP contribution in [0.3, 0.4) is 0 Å². The Kier molecular flexibility index (Phi) is 6.47. The summed E-state index contributed by atoms with van der Waals surface area (Å²) < 4.78 is 11.3. The van der Waals surface area contributed by atoms with E-state index in [1.165, 1.54) is 0 Å². The van der Waals surface area contributed by atoms with Gasteiger partial charge in [0.05, 0.1) is 6.04 Å². The molecule has 1 aromatic rings. The molecule has 28 heavy (non-hydrogen) atoms. The fourth-order valence-electron chi connectivity index (χ4n) is 3.89. The molecule has 0 spiro atoms. The van der Waals surface area contributed by atoms with Gasteiger partial charge < -0.3 is 19.7 Å². The van der Waals surface area contributed by atoms with Crippen molar-refractivity contribution in [2.24, 2.45) is 17.8 Å². The standard InChI is InChI=1S/C22H32N2O4/c1-14(2)20(17-5-6-18-19(13-17)28-12-11-27-18)23-21(25)16-7-9-24(10-8-16)22(26)15(3)4/h5-6,13-16,20H,7-12H2,1-4H3,(H,23,25). The number of piperidine rings is 1. The Hall–Kier alpha value is -2.24. The van der Waals surface area contributed by atoms with Crippen LogP contribution in [0.25, 0.3) is 0 Å². The van der Waals surface area contributed by atoms with Crippen molar-refractivity contribution in [1.29, 1.82) is 0 Å². The highest BCUT2D eigenvalue weighted by Crippen LogP contribution is 2.34. The van der Waals surface area contributed by atoms with E-state index >= 15 is 0 Å². The molecule has 1 unspecified atom stereocenters. The molecule has 1 saturated heterocycles. The molecule has 2 aliphatic rings. The minimum Gasteiger partial charge on any atom is -0.486 e. The number of nitrogens with zero attached hydrogens (tertiary/aromatic N) is 1. The van der Waals surface area contributed by atoms with Crippen molar-refractivity contribution >= 4 is 11.8 Å². The van der Waals surface area contributed by atoms with Crippen molar-refractivity contribution in [3.63, 3.8) is 0 Å². The first kappa shape index (κ1) is 20.5. The summed E-state index contributed by atoms with van der Waals surface area (Å²) in [5.74, 6) is 1.95.